The van der Waals surface area contributed by atoms with Crippen molar-refractivity contribution in [2.45, 2.75) is 46.2 Å². The summed E-state index contributed by atoms with van der Waals surface area (Å²) >= 11 is 0. The second-order valence-electron chi connectivity index (χ2n) is 8.83. The number of nitriles is 1. The molecule has 0 aromatic heterocycles. The van der Waals surface area contributed by atoms with E-state index in [1.165, 1.54) is 41.3 Å². The summed E-state index contributed by atoms with van der Waals surface area (Å²) in [5.74, 6) is -1.54. The van der Waals surface area contributed by atoms with Crippen molar-refractivity contribution in [3.05, 3.63) is 65.5 Å². The van der Waals surface area contributed by atoms with Crippen molar-refractivity contribution < 1.29 is 18.8 Å². The molecule has 1 fully saturated rings. The maximum Gasteiger partial charge on any atom is 0.257 e. The highest BCUT2D eigenvalue weighted by Crippen LogP contribution is 2.29. The molecule has 0 spiro atoms. The van der Waals surface area contributed by atoms with Crippen LogP contribution < -0.4 is 4.90 Å². The van der Waals surface area contributed by atoms with Gasteiger partial charge in [-0.15, -0.1) is 0 Å². The van der Waals surface area contributed by atoms with Crippen molar-refractivity contribution in [1.82, 2.24) is 4.90 Å². The van der Waals surface area contributed by atoms with Gasteiger partial charge in [0, 0.05) is 13.0 Å². The number of rotatable bonds is 5. The third-order valence-electron chi connectivity index (χ3n) is 5.02. The summed E-state index contributed by atoms with van der Waals surface area (Å²) in [6.07, 6.45) is 0.0684. The number of amides is 3. The molecule has 0 saturated carbocycles. The fourth-order valence-electron chi connectivity index (χ4n) is 3.53. The number of hydrogen-bond acceptors (Lipinski definition) is 4. The Labute approximate surface area is 180 Å². The Morgan fingerprint density at radius 3 is 2.29 bits per heavy atom. The van der Waals surface area contributed by atoms with Crippen LogP contribution >= 0.6 is 0 Å². The van der Waals surface area contributed by atoms with Gasteiger partial charge in [-0.3, -0.25) is 14.4 Å². The molecule has 7 heteroatoms. The number of imide groups is 1. The molecular formula is C24H24FN3O3. The minimum Gasteiger partial charge on any atom is -0.326 e. The number of anilines is 1. The summed E-state index contributed by atoms with van der Waals surface area (Å²) in [4.78, 5) is 41.5. The van der Waals surface area contributed by atoms with E-state index < -0.39 is 23.7 Å². The van der Waals surface area contributed by atoms with Crippen LogP contribution in [0.3, 0.4) is 0 Å². The van der Waals surface area contributed by atoms with Crippen molar-refractivity contribution in [3.63, 3.8) is 0 Å². The highest BCUT2D eigenvalue weighted by Gasteiger charge is 2.44. The molecule has 1 heterocycles. The molecule has 0 radical (unpaired) electrons. The van der Waals surface area contributed by atoms with Crippen LogP contribution in [0.2, 0.25) is 0 Å². The molecule has 1 unspecified atom stereocenters. The van der Waals surface area contributed by atoms with Gasteiger partial charge in [-0.1, -0.05) is 32.9 Å². The maximum absolute atomic E-state index is 13.3. The van der Waals surface area contributed by atoms with Gasteiger partial charge in [0.2, 0.25) is 11.8 Å². The summed E-state index contributed by atoms with van der Waals surface area (Å²) in [6, 6.07) is 12.9. The third-order valence-corrected chi connectivity index (χ3v) is 5.02. The fraction of sp³-hybridized carbons (Fsp3) is 0.333. The summed E-state index contributed by atoms with van der Waals surface area (Å²) in [6.45, 7) is 5.86. The van der Waals surface area contributed by atoms with E-state index in [9.17, 15) is 18.8 Å². The van der Waals surface area contributed by atoms with E-state index in [1.807, 2.05) is 26.8 Å². The first-order valence-corrected chi connectivity index (χ1v) is 10.00. The first-order valence-electron chi connectivity index (χ1n) is 10.00. The van der Waals surface area contributed by atoms with Crippen molar-refractivity contribution in [3.8, 4) is 6.07 Å². The standard InChI is InChI=1S/C24H24FN3O3/c1-24(2,3)13-22(30)27(15-17-4-8-18(25)9-5-17)20-12-21(29)28(23(20)31)19-10-6-16(14-26)7-11-19/h4-11,20H,12-13,15H2,1-3H3. The van der Waals surface area contributed by atoms with Crippen LogP contribution in [0, 0.1) is 22.6 Å². The van der Waals surface area contributed by atoms with Gasteiger partial charge in [-0.25, -0.2) is 9.29 Å². The molecule has 6 nitrogen and oxygen atoms in total. The lowest BCUT2D eigenvalue weighted by molar-refractivity contribution is -0.140. The molecule has 2 aromatic carbocycles. The summed E-state index contributed by atoms with van der Waals surface area (Å²) in [7, 11) is 0. The molecule has 1 saturated heterocycles. The Bertz CT molecular complexity index is 1030. The number of halogens is 1. The average molecular weight is 421 g/mol. The zero-order valence-corrected chi connectivity index (χ0v) is 17.8. The topological polar surface area (TPSA) is 81.5 Å². The zero-order valence-electron chi connectivity index (χ0n) is 17.8. The Balaban J connectivity index is 1.91. The number of carbonyl (C=O) groups is 3. The van der Waals surface area contributed by atoms with Crippen molar-refractivity contribution in [2.75, 3.05) is 4.90 Å². The fourth-order valence-corrected chi connectivity index (χ4v) is 3.53. The molecule has 0 N–H and O–H groups in total. The van der Waals surface area contributed by atoms with Crippen LogP contribution in [0.25, 0.3) is 0 Å². The third kappa shape index (κ3) is 5.15. The van der Waals surface area contributed by atoms with Crippen LogP contribution in [0.4, 0.5) is 10.1 Å². The first-order chi connectivity index (χ1) is 14.6. The first kappa shape index (κ1) is 22.2. The van der Waals surface area contributed by atoms with Crippen LogP contribution in [-0.4, -0.2) is 28.7 Å². The Hall–Kier alpha value is -3.53. The van der Waals surface area contributed by atoms with Gasteiger partial charge in [0.05, 0.1) is 23.7 Å². The van der Waals surface area contributed by atoms with Crippen LogP contribution in [0.15, 0.2) is 48.5 Å². The Kier molecular flexibility index (Phi) is 6.21. The summed E-state index contributed by atoms with van der Waals surface area (Å²) < 4.78 is 13.3. The smallest absolute Gasteiger partial charge is 0.257 e. The van der Waals surface area contributed by atoms with Gasteiger partial charge >= 0.3 is 0 Å². The monoisotopic (exact) mass is 421 g/mol. The predicted molar refractivity (Wildman–Crippen MR) is 113 cm³/mol. The minimum atomic E-state index is -0.942. The van der Waals surface area contributed by atoms with E-state index in [4.69, 9.17) is 5.26 Å². The SMILES string of the molecule is CC(C)(C)CC(=O)N(Cc1ccc(F)cc1)C1CC(=O)N(c2ccc(C#N)cc2)C1=O. The molecule has 1 atom stereocenters. The molecule has 1 aliphatic rings. The van der Waals surface area contributed by atoms with Gasteiger partial charge in [0.25, 0.3) is 5.91 Å². The minimum absolute atomic E-state index is 0.0973. The number of carbonyl (C=O) groups excluding carboxylic acids is 3. The lowest BCUT2D eigenvalue weighted by Gasteiger charge is -2.30. The maximum atomic E-state index is 13.3. The van der Waals surface area contributed by atoms with Gasteiger partial charge in [-0.2, -0.15) is 5.26 Å². The Morgan fingerprint density at radius 2 is 1.74 bits per heavy atom. The second-order valence-corrected chi connectivity index (χ2v) is 8.83. The van der Waals surface area contributed by atoms with E-state index in [0.717, 1.165) is 4.90 Å². The zero-order chi connectivity index (χ0) is 22.8. The number of hydrogen-bond donors (Lipinski definition) is 0. The molecule has 0 bridgehead atoms. The summed E-state index contributed by atoms with van der Waals surface area (Å²) in [5.41, 5.74) is 1.14. The Morgan fingerprint density at radius 1 is 1.13 bits per heavy atom. The van der Waals surface area contributed by atoms with E-state index in [1.54, 1.807) is 12.1 Å². The van der Waals surface area contributed by atoms with E-state index in [2.05, 4.69) is 0 Å². The highest BCUT2D eigenvalue weighted by atomic mass is 19.1. The molecule has 31 heavy (non-hydrogen) atoms. The van der Waals surface area contributed by atoms with Crippen LogP contribution in [-0.2, 0) is 20.9 Å². The van der Waals surface area contributed by atoms with Crippen molar-refractivity contribution >= 4 is 23.4 Å². The summed E-state index contributed by atoms with van der Waals surface area (Å²) in [5, 5.41) is 8.96. The average Bonchev–Trinajstić information content (AvgIpc) is 3.00. The molecule has 160 valence electrons. The van der Waals surface area contributed by atoms with Gasteiger partial charge in [0.1, 0.15) is 11.9 Å². The molecular weight excluding hydrogens is 397 g/mol. The molecule has 3 rings (SSSR count). The quantitative estimate of drug-likeness (QED) is 0.688. The number of nitrogens with zero attached hydrogens (tertiary/aromatic N) is 3. The van der Waals surface area contributed by atoms with E-state index in [0.29, 0.717) is 16.8 Å². The van der Waals surface area contributed by atoms with Crippen molar-refractivity contribution in [1.29, 1.82) is 5.26 Å². The van der Waals surface area contributed by atoms with E-state index in [-0.39, 0.29) is 30.7 Å². The van der Waals surface area contributed by atoms with Crippen molar-refractivity contribution in [2.24, 2.45) is 5.41 Å². The molecule has 3 amide bonds. The normalized spacial score (nSPS) is 16.4. The highest BCUT2D eigenvalue weighted by molar-refractivity contribution is 6.23. The largest absolute Gasteiger partial charge is 0.326 e. The molecule has 2 aromatic rings. The second kappa shape index (κ2) is 8.68. The molecule has 0 aliphatic carbocycles. The lowest BCUT2D eigenvalue weighted by Crippen LogP contribution is -2.46. The van der Waals surface area contributed by atoms with Crippen LogP contribution in [0.1, 0.15) is 44.7 Å². The van der Waals surface area contributed by atoms with Gasteiger partial charge in [-0.05, 0) is 47.4 Å². The lowest BCUT2D eigenvalue weighted by atomic mass is 9.91. The van der Waals surface area contributed by atoms with Crippen LogP contribution in [0.5, 0.6) is 0 Å². The van der Waals surface area contributed by atoms with Gasteiger partial charge < -0.3 is 4.90 Å². The molecule has 1 aliphatic heterocycles. The predicted octanol–water partition coefficient (Wildman–Crippen LogP) is 3.79. The van der Waals surface area contributed by atoms with E-state index >= 15 is 0 Å². The number of benzene rings is 2. The van der Waals surface area contributed by atoms with Gasteiger partial charge in [0.15, 0.2) is 0 Å².